The number of anilines is 2. The van der Waals surface area contributed by atoms with E-state index in [1.807, 2.05) is 14.1 Å². The first-order chi connectivity index (χ1) is 14.3. The van der Waals surface area contributed by atoms with Gasteiger partial charge in [-0.3, -0.25) is 9.59 Å². The van der Waals surface area contributed by atoms with Crippen molar-refractivity contribution in [3.8, 4) is 5.75 Å². The molecule has 158 valence electrons. The number of hydrogen-bond donors (Lipinski definition) is 1. The zero-order chi connectivity index (χ0) is 21.7. The fourth-order valence-electron chi connectivity index (χ4n) is 3.06. The highest BCUT2D eigenvalue weighted by Gasteiger charge is 2.25. The Labute approximate surface area is 186 Å². The number of benzene rings is 2. The maximum Gasteiger partial charge on any atom is 0.265 e. The second-order valence-electron chi connectivity index (χ2n) is 7.16. The second kappa shape index (κ2) is 9.98. The van der Waals surface area contributed by atoms with E-state index in [9.17, 15) is 9.59 Å². The van der Waals surface area contributed by atoms with Gasteiger partial charge in [-0.1, -0.05) is 29.3 Å². The SMILES string of the molecule is CN(C)CCCN1C(=O)COc2ccc(NC(=O)/C=C/c3ccc(Cl)cc3Cl)cc21. The molecule has 0 aliphatic carbocycles. The van der Waals surface area contributed by atoms with Gasteiger partial charge in [-0.25, -0.2) is 0 Å². The van der Waals surface area contributed by atoms with Crippen LogP contribution >= 0.6 is 23.2 Å². The maximum atomic E-state index is 12.3. The maximum absolute atomic E-state index is 12.3. The van der Waals surface area contributed by atoms with Crippen molar-refractivity contribution in [3.63, 3.8) is 0 Å². The van der Waals surface area contributed by atoms with Crippen molar-refractivity contribution in [2.24, 2.45) is 0 Å². The summed E-state index contributed by atoms with van der Waals surface area (Å²) in [6, 6.07) is 10.3. The topological polar surface area (TPSA) is 61.9 Å². The van der Waals surface area contributed by atoms with Gasteiger partial charge < -0.3 is 19.9 Å². The van der Waals surface area contributed by atoms with Gasteiger partial charge in [0.15, 0.2) is 6.61 Å². The van der Waals surface area contributed by atoms with E-state index in [0.717, 1.165) is 13.0 Å². The fourth-order valence-corrected chi connectivity index (χ4v) is 3.53. The van der Waals surface area contributed by atoms with Crippen LogP contribution in [0.5, 0.6) is 5.75 Å². The molecule has 2 amide bonds. The van der Waals surface area contributed by atoms with Crippen molar-refractivity contribution in [3.05, 3.63) is 58.1 Å². The van der Waals surface area contributed by atoms with E-state index in [4.69, 9.17) is 27.9 Å². The average molecular weight is 448 g/mol. The highest BCUT2D eigenvalue weighted by Crippen LogP contribution is 2.34. The standard InChI is InChI=1S/C22H23Cl2N3O3/c1-26(2)10-3-11-27-19-13-17(7-8-20(19)30-14-22(27)29)25-21(28)9-5-15-4-6-16(23)12-18(15)24/h4-9,12-13H,3,10-11,14H2,1-2H3,(H,25,28)/b9-5+. The summed E-state index contributed by atoms with van der Waals surface area (Å²) in [7, 11) is 3.99. The van der Waals surface area contributed by atoms with Crippen molar-refractivity contribution >= 4 is 52.5 Å². The summed E-state index contributed by atoms with van der Waals surface area (Å²) < 4.78 is 5.53. The number of rotatable bonds is 7. The number of amides is 2. The molecule has 2 aromatic carbocycles. The van der Waals surface area contributed by atoms with Crippen LogP contribution in [-0.4, -0.2) is 50.5 Å². The summed E-state index contributed by atoms with van der Waals surface area (Å²) in [5, 5.41) is 3.80. The van der Waals surface area contributed by atoms with E-state index in [0.29, 0.717) is 39.3 Å². The molecule has 1 aliphatic heterocycles. The third-order valence-corrected chi connectivity index (χ3v) is 5.10. The van der Waals surface area contributed by atoms with Crippen LogP contribution in [0.4, 0.5) is 11.4 Å². The minimum absolute atomic E-state index is 0.0191. The molecule has 0 fully saturated rings. The molecule has 0 unspecified atom stereocenters. The molecule has 0 saturated heterocycles. The Morgan fingerprint density at radius 1 is 1.23 bits per heavy atom. The molecule has 0 spiro atoms. The monoisotopic (exact) mass is 447 g/mol. The number of carbonyl (C=O) groups excluding carboxylic acids is 2. The summed E-state index contributed by atoms with van der Waals surface area (Å²) in [5.74, 6) is 0.214. The quantitative estimate of drug-likeness (QED) is 0.641. The zero-order valence-corrected chi connectivity index (χ0v) is 18.3. The first kappa shape index (κ1) is 22.2. The van der Waals surface area contributed by atoms with Gasteiger partial charge >= 0.3 is 0 Å². The number of nitrogens with zero attached hydrogens (tertiary/aromatic N) is 2. The highest BCUT2D eigenvalue weighted by atomic mass is 35.5. The molecule has 0 aromatic heterocycles. The van der Waals surface area contributed by atoms with E-state index < -0.39 is 0 Å². The van der Waals surface area contributed by atoms with Crippen LogP contribution in [0.1, 0.15) is 12.0 Å². The molecule has 6 nitrogen and oxygen atoms in total. The Balaban J connectivity index is 1.71. The van der Waals surface area contributed by atoms with E-state index in [2.05, 4.69) is 10.2 Å². The van der Waals surface area contributed by atoms with Gasteiger partial charge in [-0.2, -0.15) is 0 Å². The normalized spacial score (nSPS) is 13.5. The Bertz CT molecular complexity index is 976. The predicted molar refractivity (Wildman–Crippen MR) is 122 cm³/mol. The largest absolute Gasteiger partial charge is 0.482 e. The Morgan fingerprint density at radius 3 is 2.77 bits per heavy atom. The zero-order valence-electron chi connectivity index (χ0n) is 16.8. The van der Waals surface area contributed by atoms with Crippen molar-refractivity contribution in [1.82, 2.24) is 4.90 Å². The van der Waals surface area contributed by atoms with Crippen LogP contribution in [-0.2, 0) is 9.59 Å². The minimum atomic E-state index is -0.317. The number of halogens is 2. The fraction of sp³-hybridized carbons (Fsp3) is 0.273. The van der Waals surface area contributed by atoms with E-state index >= 15 is 0 Å². The van der Waals surface area contributed by atoms with Gasteiger partial charge in [0, 0.05) is 28.4 Å². The lowest BCUT2D eigenvalue weighted by molar-refractivity contribution is -0.121. The molecule has 0 atom stereocenters. The van der Waals surface area contributed by atoms with Gasteiger partial charge in [0.05, 0.1) is 5.69 Å². The third kappa shape index (κ3) is 5.75. The van der Waals surface area contributed by atoms with Crippen molar-refractivity contribution in [2.75, 3.05) is 44.0 Å². The first-order valence-corrected chi connectivity index (χ1v) is 10.2. The van der Waals surface area contributed by atoms with Crippen LogP contribution in [0, 0.1) is 0 Å². The minimum Gasteiger partial charge on any atom is -0.482 e. The summed E-state index contributed by atoms with van der Waals surface area (Å²) in [4.78, 5) is 28.5. The van der Waals surface area contributed by atoms with Gasteiger partial charge in [0.1, 0.15) is 5.75 Å². The summed E-state index contributed by atoms with van der Waals surface area (Å²) in [6.07, 6.45) is 3.84. The lowest BCUT2D eigenvalue weighted by Gasteiger charge is -2.30. The third-order valence-electron chi connectivity index (χ3n) is 4.53. The lowest BCUT2D eigenvalue weighted by Crippen LogP contribution is -2.40. The average Bonchev–Trinajstić information content (AvgIpc) is 2.69. The van der Waals surface area contributed by atoms with Gasteiger partial charge in [0.25, 0.3) is 5.91 Å². The highest BCUT2D eigenvalue weighted by molar-refractivity contribution is 6.35. The van der Waals surface area contributed by atoms with E-state index in [1.54, 1.807) is 47.4 Å². The van der Waals surface area contributed by atoms with Crippen LogP contribution in [0.15, 0.2) is 42.5 Å². The van der Waals surface area contributed by atoms with Gasteiger partial charge in [-0.05, 0) is 69.0 Å². The van der Waals surface area contributed by atoms with Crippen molar-refractivity contribution < 1.29 is 14.3 Å². The number of carbonyl (C=O) groups is 2. The number of ether oxygens (including phenoxy) is 1. The molecule has 1 heterocycles. The summed E-state index contributed by atoms with van der Waals surface area (Å²) in [5.41, 5.74) is 1.92. The number of nitrogens with one attached hydrogen (secondary N) is 1. The molecule has 0 radical (unpaired) electrons. The Morgan fingerprint density at radius 2 is 2.03 bits per heavy atom. The molecule has 30 heavy (non-hydrogen) atoms. The van der Waals surface area contributed by atoms with Gasteiger partial charge in [-0.15, -0.1) is 0 Å². The second-order valence-corrected chi connectivity index (χ2v) is 8.01. The molecule has 1 N–H and O–H groups in total. The number of hydrogen-bond acceptors (Lipinski definition) is 4. The summed E-state index contributed by atoms with van der Waals surface area (Å²) in [6.45, 7) is 1.47. The van der Waals surface area contributed by atoms with E-state index in [1.165, 1.54) is 6.08 Å². The molecular formula is C22H23Cl2N3O3. The Hall–Kier alpha value is -2.54. The van der Waals surface area contributed by atoms with Crippen LogP contribution in [0.2, 0.25) is 10.0 Å². The molecule has 8 heteroatoms. The molecule has 3 rings (SSSR count). The molecule has 2 aromatic rings. The van der Waals surface area contributed by atoms with Crippen molar-refractivity contribution in [1.29, 1.82) is 0 Å². The molecular weight excluding hydrogens is 425 g/mol. The first-order valence-electron chi connectivity index (χ1n) is 9.49. The van der Waals surface area contributed by atoms with Crippen LogP contribution < -0.4 is 15.0 Å². The Kier molecular flexibility index (Phi) is 7.37. The van der Waals surface area contributed by atoms with Gasteiger partial charge in [0.2, 0.25) is 5.91 Å². The predicted octanol–water partition coefficient (Wildman–Crippen LogP) is 4.32. The number of fused-ring (bicyclic) bond motifs is 1. The lowest BCUT2D eigenvalue weighted by atomic mass is 10.2. The van der Waals surface area contributed by atoms with Crippen molar-refractivity contribution in [2.45, 2.75) is 6.42 Å². The summed E-state index contributed by atoms with van der Waals surface area (Å²) >= 11 is 12.0. The smallest absolute Gasteiger partial charge is 0.265 e. The van der Waals surface area contributed by atoms with Crippen LogP contribution in [0.3, 0.4) is 0 Å². The molecule has 0 bridgehead atoms. The molecule has 1 aliphatic rings. The van der Waals surface area contributed by atoms with Crippen LogP contribution in [0.25, 0.3) is 6.08 Å². The molecule has 0 saturated carbocycles. The van der Waals surface area contributed by atoms with E-state index in [-0.39, 0.29) is 18.4 Å².